The van der Waals surface area contributed by atoms with Gasteiger partial charge in [0.2, 0.25) is 0 Å². The first-order valence-electron chi connectivity index (χ1n) is 8.73. The molecule has 0 aliphatic heterocycles. The summed E-state index contributed by atoms with van der Waals surface area (Å²) in [6, 6.07) is 31.0. The number of aliphatic hydroxyl groups excluding tert-OH is 2. The van der Waals surface area contributed by atoms with Crippen LogP contribution in [-0.2, 0) is 0 Å². The van der Waals surface area contributed by atoms with Crippen molar-refractivity contribution in [2.45, 2.75) is 12.2 Å². The van der Waals surface area contributed by atoms with Crippen molar-refractivity contribution in [3.63, 3.8) is 0 Å². The lowest BCUT2D eigenvalue weighted by Gasteiger charge is -2.19. The lowest BCUT2D eigenvalue weighted by molar-refractivity contribution is 0.218. The smallest absolute Gasteiger partial charge is 0.105 e. The molecule has 128 valence electrons. The lowest BCUT2D eigenvalue weighted by atomic mass is 9.90. The van der Waals surface area contributed by atoms with E-state index in [2.05, 4.69) is 0 Å². The van der Waals surface area contributed by atoms with Crippen LogP contribution in [0.1, 0.15) is 34.5 Å². The Hall–Kier alpha value is -2.94. The van der Waals surface area contributed by atoms with Crippen molar-refractivity contribution in [1.82, 2.24) is 0 Å². The minimum atomic E-state index is -0.705. The third-order valence-electron chi connectivity index (χ3n) is 4.81. The van der Waals surface area contributed by atoms with Crippen LogP contribution in [-0.4, -0.2) is 10.2 Å². The van der Waals surface area contributed by atoms with Crippen LogP contribution >= 0.6 is 0 Å². The SMILES string of the molecule is OC(c1ccccc1)c1ccc(C(O)c2ccccc2)c2ccccc12. The molecule has 0 spiro atoms. The zero-order valence-corrected chi connectivity index (χ0v) is 14.3. The first kappa shape index (κ1) is 16.5. The lowest BCUT2D eigenvalue weighted by Crippen LogP contribution is -2.04. The van der Waals surface area contributed by atoms with Crippen molar-refractivity contribution >= 4 is 10.8 Å². The quantitative estimate of drug-likeness (QED) is 0.549. The minimum absolute atomic E-state index is 0.705. The average molecular weight is 340 g/mol. The van der Waals surface area contributed by atoms with Crippen LogP contribution in [0, 0.1) is 0 Å². The van der Waals surface area contributed by atoms with Crippen LogP contribution in [0.5, 0.6) is 0 Å². The Morgan fingerprint density at radius 3 is 1.15 bits per heavy atom. The molecule has 4 aromatic rings. The number of aliphatic hydroxyl groups is 2. The van der Waals surface area contributed by atoms with E-state index in [0.717, 1.165) is 33.0 Å². The molecule has 0 bridgehead atoms. The second kappa shape index (κ2) is 7.12. The molecular weight excluding hydrogens is 320 g/mol. The summed E-state index contributed by atoms with van der Waals surface area (Å²) in [5.41, 5.74) is 3.40. The molecule has 4 aromatic carbocycles. The van der Waals surface area contributed by atoms with Crippen molar-refractivity contribution in [2.24, 2.45) is 0 Å². The van der Waals surface area contributed by atoms with E-state index in [4.69, 9.17) is 0 Å². The van der Waals surface area contributed by atoms with E-state index >= 15 is 0 Å². The minimum Gasteiger partial charge on any atom is -0.384 e. The highest BCUT2D eigenvalue weighted by atomic mass is 16.3. The number of benzene rings is 4. The van der Waals surface area contributed by atoms with Crippen LogP contribution in [0.15, 0.2) is 97.1 Å². The summed E-state index contributed by atoms with van der Waals surface area (Å²) < 4.78 is 0. The van der Waals surface area contributed by atoms with Gasteiger partial charge in [0, 0.05) is 0 Å². The Kier molecular flexibility index (Phi) is 4.53. The number of hydrogen-bond acceptors (Lipinski definition) is 2. The van der Waals surface area contributed by atoms with Crippen LogP contribution in [0.3, 0.4) is 0 Å². The average Bonchev–Trinajstić information content (AvgIpc) is 2.73. The summed E-state index contributed by atoms with van der Waals surface area (Å²) in [6.07, 6.45) is -1.41. The molecule has 2 unspecified atom stereocenters. The first-order chi connectivity index (χ1) is 12.8. The van der Waals surface area contributed by atoms with Gasteiger partial charge in [-0.15, -0.1) is 0 Å². The van der Waals surface area contributed by atoms with Gasteiger partial charge in [0.1, 0.15) is 12.2 Å². The van der Waals surface area contributed by atoms with Crippen LogP contribution in [0.2, 0.25) is 0 Å². The summed E-state index contributed by atoms with van der Waals surface area (Å²) in [5.74, 6) is 0. The molecule has 2 N–H and O–H groups in total. The van der Waals surface area contributed by atoms with Crippen LogP contribution < -0.4 is 0 Å². The predicted molar refractivity (Wildman–Crippen MR) is 105 cm³/mol. The Morgan fingerprint density at radius 2 is 0.769 bits per heavy atom. The molecule has 0 saturated carbocycles. The van der Waals surface area contributed by atoms with E-state index < -0.39 is 12.2 Å². The molecule has 0 aliphatic carbocycles. The Balaban J connectivity index is 1.84. The second-order valence-electron chi connectivity index (χ2n) is 6.42. The highest BCUT2D eigenvalue weighted by Gasteiger charge is 2.18. The van der Waals surface area contributed by atoms with E-state index in [1.807, 2.05) is 97.1 Å². The number of rotatable bonds is 4. The normalized spacial score (nSPS) is 13.5. The molecule has 26 heavy (non-hydrogen) atoms. The monoisotopic (exact) mass is 340 g/mol. The standard InChI is InChI=1S/C24H20O2/c25-23(17-9-3-1-4-10-17)21-15-16-22(20-14-8-7-13-19(20)21)24(26)18-11-5-2-6-12-18/h1-16,23-26H. The summed E-state index contributed by atoms with van der Waals surface area (Å²) in [4.78, 5) is 0. The Morgan fingerprint density at radius 1 is 0.423 bits per heavy atom. The fourth-order valence-electron chi connectivity index (χ4n) is 3.45. The summed E-state index contributed by atoms with van der Waals surface area (Å²) >= 11 is 0. The van der Waals surface area contributed by atoms with Gasteiger partial charge in [-0.3, -0.25) is 0 Å². The summed E-state index contributed by atoms with van der Waals surface area (Å²) in [7, 11) is 0. The zero-order chi connectivity index (χ0) is 17.9. The second-order valence-corrected chi connectivity index (χ2v) is 6.42. The summed E-state index contributed by atoms with van der Waals surface area (Å²) in [6.45, 7) is 0. The van der Waals surface area contributed by atoms with Crippen molar-refractivity contribution in [3.05, 3.63) is 119 Å². The molecule has 2 nitrogen and oxygen atoms in total. The summed E-state index contributed by atoms with van der Waals surface area (Å²) in [5, 5.41) is 23.7. The molecule has 0 aromatic heterocycles. The fraction of sp³-hybridized carbons (Fsp3) is 0.0833. The van der Waals surface area contributed by atoms with Gasteiger partial charge in [-0.05, 0) is 33.0 Å². The molecule has 0 amide bonds. The van der Waals surface area contributed by atoms with E-state index in [1.165, 1.54) is 0 Å². The highest BCUT2D eigenvalue weighted by Crippen LogP contribution is 2.34. The van der Waals surface area contributed by atoms with Gasteiger partial charge in [0.05, 0.1) is 0 Å². The van der Waals surface area contributed by atoms with Gasteiger partial charge >= 0.3 is 0 Å². The Labute approximate surface area is 153 Å². The van der Waals surface area contributed by atoms with Crippen LogP contribution in [0.4, 0.5) is 0 Å². The van der Waals surface area contributed by atoms with Gasteiger partial charge in [0.25, 0.3) is 0 Å². The topological polar surface area (TPSA) is 40.5 Å². The molecule has 2 heteroatoms. The molecular formula is C24H20O2. The van der Waals surface area contributed by atoms with Crippen molar-refractivity contribution in [3.8, 4) is 0 Å². The fourth-order valence-corrected chi connectivity index (χ4v) is 3.45. The largest absolute Gasteiger partial charge is 0.384 e. The Bertz CT molecular complexity index is 926. The number of hydrogen-bond donors (Lipinski definition) is 2. The molecule has 0 aliphatic rings. The molecule has 0 fully saturated rings. The maximum atomic E-state index is 10.9. The van der Waals surface area contributed by atoms with Crippen molar-refractivity contribution in [1.29, 1.82) is 0 Å². The molecule has 0 saturated heterocycles. The van der Waals surface area contributed by atoms with Gasteiger partial charge in [-0.1, -0.05) is 97.1 Å². The maximum absolute atomic E-state index is 10.9. The van der Waals surface area contributed by atoms with Gasteiger partial charge in [-0.2, -0.15) is 0 Å². The van der Waals surface area contributed by atoms with Crippen molar-refractivity contribution < 1.29 is 10.2 Å². The van der Waals surface area contributed by atoms with Crippen molar-refractivity contribution in [2.75, 3.05) is 0 Å². The zero-order valence-electron chi connectivity index (χ0n) is 14.3. The maximum Gasteiger partial charge on any atom is 0.105 e. The third-order valence-corrected chi connectivity index (χ3v) is 4.81. The first-order valence-corrected chi connectivity index (χ1v) is 8.73. The predicted octanol–water partition coefficient (Wildman–Crippen LogP) is 5.00. The molecule has 0 heterocycles. The van der Waals surface area contributed by atoms with E-state index in [-0.39, 0.29) is 0 Å². The van der Waals surface area contributed by atoms with Gasteiger partial charge < -0.3 is 10.2 Å². The molecule has 2 atom stereocenters. The van der Waals surface area contributed by atoms with Crippen LogP contribution in [0.25, 0.3) is 10.8 Å². The third kappa shape index (κ3) is 3.01. The number of fused-ring (bicyclic) bond motifs is 1. The molecule has 0 radical (unpaired) electrons. The van der Waals surface area contributed by atoms with Gasteiger partial charge in [-0.25, -0.2) is 0 Å². The van der Waals surface area contributed by atoms with Gasteiger partial charge in [0.15, 0.2) is 0 Å². The van der Waals surface area contributed by atoms with E-state index in [9.17, 15) is 10.2 Å². The van der Waals surface area contributed by atoms with E-state index in [0.29, 0.717) is 0 Å². The highest BCUT2D eigenvalue weighted by molar-refractivity contribution is 5.90. The van der Waals surface area contributed by atoms with E-state index in [1.54, 1.807) is 0 Å². The molecule has 4 rings (SSSR count).